The molecule has 32 heavy (non-hydrogen) atoms. The van der Waals surface area contributed by atoms with Crippen LogP contribution in [0.5, 0.6) is 0 Å². The van der Waals surface area contributed by atoms with Gasteiger partial charge < -0.3 is 20.4 Å². The number of rotatable bonds is 20. The number of carboxylic acid groups (broad SMARTS) is 1. The van der Waals surface area contributed by atoms with Gasteiger partial charge in [0.05, 0.1) is 0 Å². The normalized spacial score (nSPS) is 11.9. The summed E-state index contributed by atoms with van der Waals surface area (Å²) < 4.78 is 0. The van der Waals surface area contributed by atoms with Gasteiger partial charge in [0.25, 0.3) is 0 Å². The Bertz CT molecular complexity index is 426. The molecular weight excluding hydrogens is 404 g/mol. The van der Waals surface area contributed by atoms with Crippen molar-refractivity contribution in [2.45, 2.75) is 123 Å². The molecule has 3 N–H and O–H groups in total. The summed E-state index contributed by atoms with van der Waals surface area (Å²) in [6.07, 6.45) is 18.2. The number of aliphatic hydroxyl groups is 1. The standard InChI is InChI=1S/C23H48N2O.C3H6O3/c1-22(2)18-15-13-11-9-7-5-6-8-10-12-14-16-19-23(26)24-20-17-21-25(3)4;1-2(4)3(5)6/h22H,5-21H2,1-4H3,(H,24,26);2,4H,1H3,(H,5,6)/t;2-/m.0/s1. The average Bonchev–Trinajstić information content (AvgIpc) is 2.71. The third kappa shape index (κ3) is 31.0. The Morgan fingerprint density at radius 1 is 0.750 bits per heavy atom. The van der Waals surface area contributed by atoms with Crippen LogP contribution in [0.25, 0.3) is 0 Å². The number of aliphatic carboxylic acids is 1. The van der Waals surface area contributed by atoms with E-state index in [2.05, 4.69) is 38.2 Å². The highest BCUT2D eigenvalue weighted by Crippen LogP contribution is 2.14. The lowest BCUT2D eigenvalue weighted by atomic mass is 10.0. The number of carbonyl (C=O) groups excluding carboxylic acids is 1. The molecule has 192 valence electrons. The SMILES string of the molecule is CC(C)CCCCCCCCCCCCCCC(=O)NCCCN(C)C.C[C@H](O)C(=O)O. The maximum absolute atomic E-state index is 11.7. The number of hydrogen-bond donors (Lipinski definition) is 3. The Hall–Kier alpha value is -1.14. The van der Waals surface area contributed by atoms with Crippen molar-refractivity contribution in [1.29, 1.82) is 0 Å². The van der Waals surface area contributed by atoms with Gasteiger partial charge in [0.1, 0.15) is 6.10 Å². The van der Waals surface area contributed by atoms with Gasteiger partial charge in [-0.15, -0.1) is 0 Å². The van der Waals surface area contributed by atoms with Gasteiger partial charge >= 0.3 is 5.97 Å². The monoisotopic (exact) mass is 458 g/mol. The summed E-state index contributed by atoms with van der Waals surface area (Å²) in [4.78, 5) is 23.3. The number of nitrogens with one attached hydrogen (secondary N) is 1. The highest BCUT2D eigenvalue weighted by Gasteiger charge is 2.02. The van der Waals surface area contributed by atoms with Crippen molar-refractivity contribution in [3.05, 3.63) is 0 Å². The van der Waals surface area contributed by atoms with E-state index in [1.54, 1.807) is 0 Å². The van der Waals surface area contributed by atoms with Gasteiger partial charge in [-0.3, -0.25) is 4.79 Å². The van der Waals surface area contributed by atoms with E-state index in [4.69, 9.17) is 10.2 Å². The molecule has 0 aromatic carbocycles. The lowest BCUT2D eigenvalue weighted by Gasteiger charge is -2.09. The fourth-order valence-electron chi connectivity index (χ4n) is 3.32. The Balaban J connectivity index is 0. The largest absolute Gasteiger partial charge is 0.479 e. The molecule has 0 saturated carbocycles. The van der Waals surface area contributed by atoms with Crippen molar-refractivity contribution in [3.8, 4) is 0 Å². The number of carbonyl (C=O) groups is 2. The molecule has 0 aromatic heterocycles. The molecular formula is C26H54N2O4. The van der Waals surface area contributed by atoms with Crippen LogP contribution in [0, 0.1) is 5.92 Å². The van der Waals surface area contributed by atoms with Crippen LogP contribution in [0.1, 0.15) is 117 Å². The molecule has 0 aliphatic carbocycles. The van der Waals surface area contributed by atoms with Gasteiger partial charge in [0.2, 0.25) is 5.91 Å². The number of carboxylic acids is 1. The van der Waals surface area contributed by atoms with Gasteiger partial charge in [-0.2, -0.15) is 0 Å². The molecule has 0 aliphatic heterocycles. The molecule has 1 atom stereocenters. The first-order chi connectivity index (χ1) is 15.2. The molecule has 0 heterocycles. The van der Waals surface area contributed by atoms with Crippen molar-refractivity contribution < 1.29 is 19.8 Å². The van der Waals surface area contributed by atoms with Crippen LogP contribution >= 0.6 is 0 Å². The van der Waals surface area contributed by atoms with Crippen LogP contribution in [0.3, 0.4) is 0 Å². The Labute approximate surface area is 198 Å². The molecule has 1 amide bonds. The summed E-state index contributed by atoms with van der Waals surface area (Å²) in [5.41, 5.74) is 0. The Morgan fingerprint density at radius 3 is 1.53 bits per heavy atom. The van der Waals surface area contributed by atoms with Gasteiger partial charge in [0, 0.05) is 13.0 Å². The molecule has 0 fully saturated rings. The molecule has 0 rings (SSSR count). The minimum Gasteiger partial charge on any atom is -0.479 e. The highest BCUT2D eigenvalue weighted by atomic mass is 16.4. The Kier molecular flexibility index (Phi) is 25.3. The third-order valence-corrected chi connectivity index (χ3v) is 5.40. The Morgan fingerprint density at radius 2 is 1.16 bits per heavy atom. The lowest BCUT2D eigenvalue weighted by Crippen LogP contribution is -2.26. The first-order valence-electron chi connectivity index (χ1n) is 13.0. The molecule has 0 aromatic rings. The van der Waals surface area contributed by atoms with Gasteiger partial charge in [-0.05, 0) is 46.3 Å². The first kappa shape index (κ1) is 33.0. The summed E-state index contributed by atoms with van der Waals surface area (Å²) in [6, 6.07) is 0. The lowest BCUT2D eigenvalue weighted by molar-refractivity contribution is -0.145. The van der Waals surface area contributed by atoms with Crippen molar-refractivity contribution in [3.63, 3.8) is 0 Å². The van der Waals surface area contributed by atoms with E-state index in [9.17, 15) is 9.59 Å². The van der Waals surface area contributed by atoms with Crippen molar-refractivity contribution in [2.75, 3.05) is 27.2 Å². The molecule has 0 aliphatic rings. The molecule has 0 bridgehead atoms. The fraction of sp³-hybridized carbons (Fsp3) is 0.923. The molecule has 6 heteroatoms. The minimum atomic E-state index is -1.23. The number of nitrogens with zero attached hydrogens (tertiary/aromatic N) is 1. The van der Waals surface area contributed by atoms with E-state index < -0.39 is 12.1 Å². The van der Waals surface area contributed by atoms with Crippen molar-refractivity contribution in [2.24, 2.45) is 5.92 Å². The summed E-state index contributed by atoms with van der Waals surface area (Å²) in [7, 11) is 4.13. The smallest absolute Gasteiger partial charge is 0.332 e. The second kappa shape index (κ2) is 24.5. The quantitative estimate of drug-likeness (QED) is 0.206. The molecule has 6 nitrogen and oxygen atoms in total. The van der Waals surface area contributed by atoms with Crippen LogP contribution in [-0.2, 0) is 9.59 Å². The summed E-state index contributed by atoms with van der Waals surface area (Å²) >= 11 is 0. The average molecular weight is 459 g/mol. The van der Waals surface area contributed by atoms with E-state index in [-0.39, 0.29) is 5.91 Å². The van der Waals surface area contributed by atoms with Gasteiger partial charge in [-0.1, -0.05) is 90.9 Å². The predicted octanol–water partition coefficient (Wildman–Crippen LogP) is 5.62. The summed E-state index contributed by atoms with van der Waals surface area (Å²) in [6.45, 7) is 7.69. The zero-order valence-corrected chi connectivity index (χ0v) is 21.8. The van der Waals surface area contributed by atoms with Crippen LogP contribution < -0.4 is 5.32 Å². The van der Waals surface area contributed by atoms with E-state index >= 15 is 0 Å². The highest BCUT2D eigenvalue weighted by molar-refractivity contribution is 5.75. The minimum absolute atomic E-state index is 0.233. The first-order valence-corrected chi connectivity index (χ1v) is 13.0. The summed E-state index contributed by atoms with van der Waals surface area (Å²) in [5, 5.41) is 18.8. The second-order valence-electron chi connectivity index (χ2n) is 9.70. The maximum atomic E-state index is 11.7. The van der Waals surface area contributed by atoms with Gasteiger partial charge in [-0.25, -0.2) is 4.79 Å². The molecule has 0 radical (unpaired) electrons. The predicted molar refractivity (Wildman–Crippen MR) is 135 cm³/mol. The van der Waals surface area contributed by atoms with Crippen molar-refractivity contribution >= 4 is 11.9 Å². The van der Waals surface area contributed by atoms with E-state index in [1.807, 2.05) is 0 Å². The number of aliphatic hydroxyl groups excluding tert-OH is 1. The third-order valence-electron chi connectivity index (χ3n) is 5.40. The van der Waals surface area contributed by atoms with Crippen LogP contribution in [0.15, 0.2) is 0 Å². The van der Waals surface area contributed by atoms with E-state index in [0.717, 1.165) is 31.8 Å². The molecule has 0 saturated heterocycles. The van der Waals surface area contributed by atoms with Gasteiger partial charge in [0.15, 0.2) is 0 Å². The van der Waals surface area contributed by atoms with E-state index in [1.165, 1.54) is 84.0 Å². The van der Waals surface area contributed by atoms with Crippen LogP contribution in [0.4, 0.5) is 0 Å². The molecule has 0 unspecified atom stereocenters. The fourth-order valence-corrected chi connectivity index (χ4v) is 3.32. The summed E-state index contributed by atoms with van der Waals surface area (Å²) in [5.74, 6) is -0.0791. The topological polar surface area (TPSA) is 89.9 Å². The van der Waals surface area contributed by atoms with Crippen LogP contribution in [0.2, 0.25) is 0 Å². The number of unbranched alkanes of at least 4 members (excludes halogenated alkanes) is 11. The number of hydrogen-bond acceptors (Lipinski definition) is 4. The molecule has 0 spiro atoms. The number of amides is 1. The van der Waals surface area contributed by atoms with Crippen LogP contribution in [-0.4, -0.2) is 60.3 Å². The maximum Gasteiger partial charge on any atom is 0.332 e. The second-order valence-corrected chi connectivity index (χ2v) is 9.70. The zero-order chi connectivity index (χ0) is 24.6. The zero-order valence-electron chi connectivity index (χ0n) is 21.8. The van der Waals surface area contributed by atoms with E-state index in [0.29, 0.717) is 6.42 Å². The van der Waals surface area contributed by atoms with Crippen molar-refractivity contribution in [1.82, 2.24) is 10.2 Å².